The fraction of sp³-hybridized carbons (Fsp3) is 0.435. The molecule has 1 aliphatic heterocycles. The van der Waals surface area contributed by atoms with Crippen molar-refractivity contribution in [2.75, 3.05) is 11.9 Å². The van der Waals surface area contributed by atoms with E-state index < -0.39 is 36.4 Å². The smallest absolute Gasteiger partial charge is 0.475 e. The van der Waals surface area contributed by atoms with Crippen LogP contribution in [-0.2, 0) is 14.3 Å². The van der Waals surface area contributed by atoms with Gasteiger partial charge in [0.05, 0.1) is 6.04 Å². The third-order valence-corrected chi connectivity index (χ3v) is 5.27. The Morgan fingerprint density at radius 3 is 2.41 bits per heavy atom. The van der Waals surface area contributed by atoms with Gasteiger partial charge < -0.3 is 26.2 Å². The maximum atomic E-state index is 13.1. The van der Waals surface area contributed by atoms with E-state index in [0.717, 1.165) is 34.9 Å². The van der Waals surface area contributed by atoms with Crippen molar-refractivity contribution in [3.63, 3.8) is 0 Å². The fourth-order valence-electron chi connectivity index (χ4n) is 3.49. The molecular weight excluding hydrogens is 455 g/mol. The highest BCUT2D eigenvalue weighted by atomic mass is 19.4. The van der Waals surface area contributed by atoms with Crippen molar-refractivity contribution in [3.8, 4) is 0 Å². The second kappa shape index (κ2) is 11.7. The molecule has 0 aromatic heterocycles. The number of hydrogen-bond acceptors (Lipinski definition) is 6. The van der Waals surface area contributed by atoms with Crippen molar-refractivity contribution in [2.24, 2.45) is 5.73 Å². The van der Waals surface area contributed by atoms with Gasteiger partial charge in [0.1, 0.15) is 5.92 Å². The molecule has 34 heavy (non-hydrogen) atoms. The first kappa shape index (κ1) is 26.9. The molecule has 1 heterocycles. The number of Topliss-reactive ketones (excluding diaryl/α,β-unsaturated/α-hetero) is 1. The number of ketones is 1. The maximum Gasteiger partial charge on any atom is 0.490 e. The van der Waals surface area contributed by atoms with Gasteiger partial charge in [-0.25, -0.2) is 9.59 Å². The number of unbranched alkanes of at least 4 members (excludes halogenated alkanes) is 1. The molecule has 8 nitrogen and oxygen atoms in total. The van der Waals surface area contributed by atoms with Crippen LogP contribution in [0.4, 0.5) is 23.7 Å². The predicted octanol–water partition coefficient (Wildman–Crippen LogP) is 4.14. The minimum atomic E-state index is -5.08. The number of carboxylic acid groups (broad SMARTS) is 1. The zero-order valence-electron chi connectivity index (χ0n) is 18.8. The molecule has 3 atom stereocenters. The standard InChI is InChI=1S/C21H27N3O3.C2HF3O2/c1-3-5-12-23-21(26)27-20-18(19(25)15(22)4-2)17-14-9-7-6-8-13(14)10-11-16(17)24-20;3-2(4,5)1(6)7/h6-11,15,18,20,24H,3-5,12,22H2,1-2H3,(H,23,26);(H,6,7)/t15-,18?,20-;/m0./s1. The number of alkyl halides is 3. The molecular formula is C23H28F3N3O5. The molecule has 5 N–H and O–H groups in total. The van der Waals surface area contributed by atoms with Gasteiger partial charge in [-0.3, -0.25) is 4.79 Å². The summed E-state index contributed by atoms with van der Waals surface area (Å²) in [7, 11) is 0. The Hall–Kier alpha value is -3.34. The van der Waals surface area contributed by atoms with Crippen molar-refractivity contribution >= 4 is 34.3 Å². The van der Waals surface area contributed by atoms with E-state index in [1.807, 2.05) is 50.2 Å². The van der Waals surface area contributed by atoms with Crippen LogP contribution in [0.5, 0.6) is 0 Å². The van der Waals surface area contributed by atoms with Gasteiger partial charge in [0, 0.05) is 12.2 Å². The molecule has 186 valence electrons. The third kappa shape index (κ3) is 6.60. The van der Waals surface area contributed by atoms with Gasteiger partial charge >= 0.3 is 18.2 Å². The minimum absolute atomic E-state index is 0.119. The maximum absolute atomic E-state index is 13.1. The normalized spacial score (nSPS) is 17.6. The van der Waals surface area contributed by atoms with Gasteiger partial charge in [0.25, 0.3) is 0 Å². The van der Waals surface area contributed by atoms with Crippen LogP contribution in [0.15, 0.2) is 36.4 Å². The lowest BCUT2D eigenvalue weighted by Gasteiger charge is -2.22. The van der Waals surface area contributed by atoms with Crippen LogP contribution < -0.4 is 16.4 Å². The predicted molar refractivity (Wildman–Crippen MR) is 120 cm³/mol. The Labute approximate surface area is 194 Å². The van der Waals surface area contributed by atoms with E-state index in [-0.39, 0.29) is 5.78 Å². The van der Waals surface area contributed by atoms with Crippen molar-refractivity contribution in [2.45, 2.75) is 57.5 Å². The van der Waals surface area contributed by atoms with Crippen LogP contribution in [0.25, 0.3) is 10.8 Å². The zero-order valence-corrected chi connectivity index (χ0v) is 18.8. The summed E-state index contributed by atoms with van der Waals surface area (Å²) in [5.74, 6) is -3.50. The largest absolute Gasteiger partial charge is 0.490 e. The summed E-state index contributed by atoms with van der Waals surface area (Å²) in [6.07, 6.45) is -3.99. The van der Waals surface area contributed by atoms with Crippen LogP contribution in [0.3, 0.4) is 0 Å². The molecule has 1 unspecified atom stereocenters. The summed E-state index contributed by atoms with van der Waals surface area (Å²) < 4.78 is 37.3. The number of amides is 1. The van der Waals surface area contributed by atoms with Crippen molar-refractivity contribution in [3.05, 3.63) is 42.0 Å². The number of halogens is 3. The van der Waals surface area contributed by atoms with Gasteiger partial charge in [0.15, 0.2) is 12.0 Å². The highest BCUT2D eigenvalue weighted by Gasteiger charge is 2.42. The fourth-order valence-corrected chi connectivity index (χ4v) is 3.49. The number of anilines is 1. The van der Waals surface area contributed by atoms with E-state index in [0.29, 0.717) is 13.0 Å². The number of rotatable bonds is 7. The van der Waals surface area contributed by atoms with E-state index in [2.05, 4.69) is 10.6 Å². The van der Waals surface area contributed by atoms with Crippen LogP contribution in [-0.4, -0.2) is 47.9 Å². The number of carbonyl (C=O) groups is 3. The quantitative estimate of drug-likeness (QED) is 0.435. The molecule has 1 aliphatic rings. The lowest BCUT2D eigenvalue weighted by molar-refractivity contribution is -0.192. The summed E-state index contributed by atoms with van der Waals surface area (Å²) in [5.41, 5.74) is 7.72. The minimum Gasteiger partial charge on any atom is -0.475 e. The summed E-state index contributed by atoms with van der Waals surface area (Å²) in [6, 6.07) is 11.2. The Bertz CT molecular complexity index is 1030. The second-order valence-electron chi connectivity index (χ2n) is 7.70. The summed E-state index contributed by atoms with van der Waals surface area (Å²) in [4.78, 5) is 34.1. The van der Waals surface area contributed by atoms with Gasteiger partial charge in [-0.15, -0.1) is 0 Å². The number of nitrogens with two attached hydrogens (primary N) is 1. The SMILES string of the molecule is CCCCNC(=O)O[C@@H]1Nc2ccc3ccccc3c2C1C(=O)[C@@H](N)CC.O=C(O)C(F)(F)F. The van der Waals surface area contributed by atoms with Crippen molar-refractivity contribution in [1.82, 2.24) is 5.32 Å². The Balaban J connectivity index is 0.000000509. The Morgan fingerprint density at radius 1 is 1.18 bits per heavy atom. The average Bonchev–Trinajstić information content (AvgIpc) is 3.16. The molecule has 0 aliphatic carbocycles. The number of benzene rings is 2. The molecule has 0 saturated carbocycles. The number of ether oxygens (including phenoxy) is 1. The first-order valence-electron chi connectivity index (χ1n) is 10.8. The van der Waals surface area contributed by atoms with Gasteiger partial charge in [-0.05, 0) is 35.2 Å². The van der Waals surface area contributed by atoms with Crippen LogP contribution in [0.2, 0.25) is 0 Å². The highest BCUT2D eigenvalue weighted by molar-refractivity contribution is 6.01. The lowest BCUT2D eigenvalue weighted by atomic mass is 9.87. The summed E-state index contributed by atoms with van der Waals surface area (Å²) >= 11 is 0. The topological polar surface area (TPSA) is 131 Å². The molecule has 11 heteroatoms. The Morgan fingerprint density at radius 2 is 1.82 bits per heavy atom. The molecule has 3 rings (SSSR count). The van der Waals surface area contributed by atoms with Gasteiger partial charge in [-0.2, -0.15) is 13.2 Å². The molecule has 0 bridgehead atoms. The molecule has 0 radical (unpaired) electrons. The Kier molecular flexibility index (Phi) is 9.25. The number of hydrogen-bond donors (Lipinski definition) is 4. The number of alkyl carbamates (subject to hydrolysis) is 1. The van der Waals surface area contributed by atoms with E-state index >= 15 is 0 Å². The molecule has 0 fully saturated rings. The van der Waals surface area contributed by atoms with E-state index in [1.165, 1.54) is 0 Å². The van der Waals surface area contributed by atoms with Gasteiger partial charge in [-0.1, -0.05) is 50.6 Å². The van der Waals surface area contributed by atoms with Crippen LogP contribution in [0.1, 0.15) is 44.6 Å². The second-order valence-corrected chi connectivity index (χ2v) is 7.70. The number of fused-ring (bicyclic) bond motifs is 3. The molecule has 1 amide bonds. The average molecular weight is 483 g/mol. The monoisotopic (exact) mass is 483 g/mol. The van der Waals surface area contributed by atoms with E-state index in [1.54, 1.807) is 0 Å². The van der Waals surface area contributed by atoms with Crippen molar-refractivity contribution < 1.29 is 37.4 Å². The zero-order chi connectivity index (χ0) is 25.5. The summed E-state index contributed by atoms with van der Waals surface area (Å²) in [6.45, 7) is 4.47. The van der Waals surface area contributed by atoms with Crippen LogP contribution in [0, 0.1) is 0 Å². The third-order valence-electron chi connectivity index (χ3n) is 5.27. The number of aliphatic carboxylic acids is 1. The lowest BCUT2D eigenvalue weighted by Crippen LogP contribution is -2.42. The van der Waals surface area contributed by atoms with E-state index in [4.69, 9.17) is 20.4 Å². The first-order chi connectivity index (χ1) is 16.0. The van der Waals surface area contributed by atoms with Crippen LogP contribution >= 0.6 is 0 Å². The molecule has 2 aromatic carbocycles. The van der Waals surface area contributed by atoms with Gasteiger partial charge in [0.2, 0.25) is 0 Å². The first-order valence-corrected chi connectivity index (χ1v) is 10.8. The highest BCUT2D eigenvalue weighted by Crippen LogP contribution is 2.42. The van der Waals surface area contributed by atoms with Crippen molar-refractivity contribution in [1.29, 1.82) is 0 Å². The van der Waals surface area contributed by atoms with E-state index in [9.17, 15) is 22.8 Å². The number of carboxylic acids is 1. The number of nitrogens with one attached hydrogen (secondary N) is 2. The molecule has 2 aromatic rings. The number of carbonyl (C=O) groups excluding carboxylic acids is 2. The molecule has 0 saturated heterocycles. The summed E-state index contributed by atoms with van der Waals surface area (Å²) in [5, 5.41) is 15.1. The molecule has 0 spiro atoms.